The van der Waals surface area contributed by atoms with Gasteiger partial charge >= 0.3 is 0 Å². The number of hydrogen-bond donors (Lipinski definition) is 1. The van der Waals surface area contributed by atoms with E-state index < -0.39 is 10.0 Å². The molecule has 10 heteroatoms. The fourth-order valence-corrected chi connectivity index (χ4v) is 6.38. The fraction of sp³-hybridized carbons (Fsp3) is 0.583. The van der Waals surface area contributed by atoms with Crippen LogP contribution in [-0.4, -0.2) is 79.4 Å². The predicted octanol–water partition coefficient (Wildman–Crippen LogP) is 2.61. The van der Waals surface area contributed by atoms with Crippen LogP contribution in [0.15, 0.2) is 33.7 Å². The first-order valence-electron chi connectivity index (χ1n) is 12.1. The van der Waals surface area contributed by atoms with Crippen LogP contribution in [0.5, 0.6) is 0 Å². The molecule has 2 saturated heterocycles. The monoisotopic (exact) mass is 489 g/mol. The Kier molecular flexibility index (Phi) is 8.02. The van der Waals surface area contributed by atoms with E-state index in [4.69, 9.17) is 4.52 Å². The van der Waals surface area contributed by atoms with Crippen molar-refractivity contribution >= 4 is 21.6 Å². The highest BCUT2D eigenvalue weighted by atomic mass is 32.2. The molecule has 1 aromatic heterocycles. The lowest BCUT2D eigenvalue weighted by atomic mass is 10.2. The second kappa shape index (κ2) is 11.0. The highest BCUT2D eigenvalue weighted by molar-refractivity contribution is 7.89. The van der Waals surface area contributed by atoms with Gasteiger partial charge in [0.05, 0.1) is 17.1 Å². The van der Waals surface area contributed by atoms with Gasteiger partial charge in [0.25, 0.3) is 0 Å². The van der Waals surface area contributed by atoms with Crippen molar-refractivity contribution in [1.29, 1.82) is 0 Å². The van der Waals surface area contributed by atoms with Crippen LogP contribution in [0.2, 0.25) is 0 Å². The minimum absolute atomic E-state index is 0.137. The lowest BCUT2D eigenvalue weighted by Crippen LogP contribution is -2.48. The molecule has 2 fully saturated rings. The van der Waals surface area contributed by atoms with Crippen LogP contribution in [0.1, 0.15) is 42.7 Å². The van der Waals surface area contributed by atoms with Crippen molar-refractivity contribution in [2.45, 2.75) is 51.0 Å². The Morgan fingerprint density at radius 1 is 0.971 bits per heavy atom. The van der Waals surface area contributed by atoms with Crippen LogP contribution in [0, 0.1) is 13.8 Å². The number of amides is 1. The third kappa shape index (κ3) is 6.24. The summed E-state index contributed by atoms with van der Waals surface area (Å²) in [6.45, 7) is 9.09. The molecule has 0 atom stereocenters. The van der Waals surface area contributed by atoms with Gasteiger partial charge in [0.2, 0.25) is 15.9 Å². The SMILES string of the molecule is Cc1cc(CN2CCN(CC(=O)Nc3ccc(C)c(S(=O)(=O)N4CCCCCC4)c3)CC2)no1. The molecule has 0 bridgehead atoms. The number of nitrogens with zero attached hydrogens (tertiary/aromatic N) is 4. The van der Waals surface area contributed by atoms with Gasteiger partial charge in [-0.1, -0.05) is 24.1 Å². The van der Waals surface area contributed by atoms with Crippen molar-refractivity contribution in [2.75, 3.05) is 51.1 Å². The summed E-state index contributed by atoms with van der Waals surface area (Å²) in [7, 11) is -3.58. The van der Waals surface area contributed by atoms with E-state index in [1.54, 1.807) is 29.4 Å². The van der Waals surface area contributed by atoms with Crippen molar-refractivity contribution in [3.63, 3.8) is 0 Å². The Labute approximate surface area is 202 Å². The molecule has 1 aromatic carbocycles. The van der Waals surface area contributed by atoms with E-state index in [0.29, 0.717) is 24.3 Å². The molecule has 2 aliphatic heterocycles. The summed E-state index contributed by atoms with van der Waals surface area (Å²) in [6.07, 6.45) is 3.91. The van der Waals surface area contributed by atoms with Crippen LogP contribution in [0.25, 0.3) is 0 Å². The molecule has 0 radical (unpaired) electrons. The van der Waals surface area contributed by atoms with Crippen molar-refractivity contribution in [3.8, 4) is 0 Å². The molecule has 9 nitrogen and oxygen atoms in total. The van der Waals surface area contributed by atoms with Crippen molar-refractivity contribution < 1.29 is 17.7 Å². The second-order valence-electron chi connectivity index (χ2n) is 9.33. The molecular formula is C24H35N5O4S. The Morgan fingerprint density at radius 3 is 2.29 bits per heavy atom. The Bertz CT molecular complexity index is 1080. The van der Waals surface area contributed by atoms with Gasteiger partial charge in [-0.15, -0.1) is 0 Å². The second-order valence-corrected chi connectivity index (χ2v) is 11.2. The van der Waals surface area contributed by atoms with Crippen LogP contribution in [0.3, 0.4) is 0 Å². The molecular weight excluding hydrogens is 454 g/mol. The summed E-state index contributed by atoms with van der Waals surface area (Å²) in [5, 5.41) is 6.95. The lowest BCUT2D eigenvalue weighted by molar-refractivity contribution is -0.117. The number of sulfonamides is 1. The quantitative estimate of drug-likeness (QED) is 0.638. The van der Waals surface area contributed by atoms with Gasteiger partial charge in [-0.25, -0.2) is 8.42 Å². The number of piperazine rings is 1. The topological polar surface area (TPSA) is 99.0 Å². The van der Waals surface area contributed by atoms with Gasteiger partial charge in [0.15, 0.2) is 0 Å². The minimum atomic E-state index is -3.58. The molecule has 0 aliphatic carbocycles. The van der Waals surface area contributed by atoms with Crippen LogP contribution >= 0.6 is 0 Å². The number of aromatic nitrogens is 1. The third-order valence-corrected chi connectivity index (χ3v) is 8.59. The van der Waals surface area contributed by atoms with Crippen LogP contribution in [-0.2, 0) is 21.4 Å². The normalized spacial score (nSPS) is 19.1. The zero-order chi connectivity index (χ0) is 24.1. The number of benzene rings is 1. The number of hydrogen-bond acceptors (Lipinski definition) is 7. The Hall–Kier alpha value is -2.27. The van der Waals surface area contributed by atoms with E-state index in [1.807, 2.05) is 13.0 Å². The average molecular weight is 490 g/mol. The van der Waals surface area contributed by atoms with E-state index in [2.05, 4.69) is 20.3 Å². The zero-order valence-electron chi connectivity index (χ0n) is 20.1. The molecule has 0 saturated carbocycles. The first-order valence-corrected chi connectivity index (χ1v) is 13.5. The lowest BCUT2D eigenvalue weighted by Gasteiger charge is -2.33. The number of carbonyl (C=O) groups is 1. The largest absolute Gasteiger partial charge is 0.361 e. The molecule has 0 spiro atoms. The van der Waals surface area contributed by atoms with E-state index in [1.165, 1.54) is 0 Å². The highest BCUT2D eigenvalue weighted by Gasteiger charge is 2.27. The molecule has 2 aliphatic rings. The molecule has 4 rings (SSSR count). The summed E-state index contributed by atoms with van der Waals surface area (Å²) >= 11 is 0. The Morgan fingerprint density at radius 2 is 1.65 bits per heavy atom. The summed E-state index contributed by atoms with van der Waals surface area (Å²) < 4.78 is 33.3. The zero-order valence-corrected chi connectivity index (χ0v) is 20.9. The molecule has 0 unspecified atom stereocenters. The van der Waals surface area contributed by atoms with E-state index in [9.17, 15) is 13.2 Å². The molecule has 34 heavy (non-hydrogen) atoms. The first kappa shape index (κ1) is 24.8. The van der Waals surface area contributed by atoms with Gasteiger partial charge < -0.3 is 9.84 Å². The number of anilines is 1. The molecule has 186 valence electrons. The summed E-state index contributed by atoms with van der Waals surface area (Å²) in [5.41, 5.74) is 2.14. The van der Waals surface area contributed by atoms with Crippen molar-refractivity contribution in [2.24, 2.45) is 0 Å². The molecule has 3 heterocycles. The van der Waals surface area contributed by atoms with Gasteiger partial charge in [0, 0.05) is 57.6 Å². The third-order valence-electron chi connectivity index (χ3n) is 6.55. The van der Waals surface area contributed by atoms with Crippen LogP contribution in [0.4, 0.5) is 5.69 Å². The number of nitrogens with one attached hydrogen (secondary N) is 1. The number of aryl methyl sites for hydroxylation is 2. The molecule has 1 N–H and O–H groups in total. The maximum Gasteiger partial charge on any atom is 0.243 e. The summed E-state index contributed by atoms with van der Waals surface area (Å²) in [5.74, 6) is 0.673. The van der Waals surface area contributed by atoms with Crippen molar-refractivity contribution in [1.82, 2.24) is 19.3 Å². The van der Waals surface area contributed by atoms with Crippen LogP contribution < -0.4 is 5.32 Å². The number of rotatable bonds is 7. The maximum atomic E-state index is 13.3. The average Bonchev–Trinajstić information content (AvgIpc) is 3.03. The predicted molar refractivity (Wildman–Crippen MR) is 130 cm³/mol. The summed E-state index contributed by atoms with van der Waals surface area (Å²) in [4.78, 5) is 17.4. The molecule has 1 amide bonds. The number of carbonyl (C=O) groups excluding carboxylic acids is 1. The standard InChI is InChI=1S/C24H35N5O4S/c1-19-7-8-21(16-23(19)34(31,32)29-9-5-3-4-6-10-29)25-24(30)18-28-13-11-27(12-14-28)17-22-15-20(2)33-26-22/h7-8,15-16H,3-6,9-14,17-18H2,1-2H3,(H,25,30). The van der Waals surface area contributed by atoms with E-state index in [-0.39, 0.29) is 17.3 Å². The summed E-state index contributed by atoms with van der Waals surface area (Å²) in [6, 6.07) is 7.09. The fourth-order valence-electron chi connectivity index (χ4n) is 4.61. The van der Waals surface area contributed by atoms with Gasteiger partial charge in [-0.3, -0.25) is 14.6 Å². The highest BCUT2D eigenvalue weighted by Crippen LogP contribution is 2.26. The van der Waals surface area contributed by atoms with E-state index >= 15 is 0 Å². The van der Waals surface area contributed by atoms with Gasteiger partial charge in [-0.05, 0) is 44.4 Å². The van der Waals surface area contributed by atoms with Crippen molar-refractivity contribution in [3.05, 3.63) is 41.3 Å². The maximum absolute atomic E-state index is 13.3. The molecule has 2 aromatic rings. The Balaban J connectivity index is 1.32. The van der Waals surface area contributed by atoms with E-state index in [0.717, 1.165) is 69.9 Å². The van der Waals surface area contributed by atoms with Gasteiger partial charge in [-0.2, -0.15) is 4.31 Å². The van der Waals surface area contributed by atoms with Gasteiger partial charge in [0.1, 0.15) is 5.76 Å². The minimum Gasteiger partial charge on any atom is -0.361 e. The first-order chi connectivity index (χ1) is 16.3. The smallest absolute Gasteiger partial charge is 0.243 e.